The summed E-state index contributed by atoms with van der Waals surface area (Å²) in [6.45, 7) is 4.86. The third-order valence-corrected chi connectivity index (χ3v) is 3.36. The quantitative estimate of drug-likeness (QED) is 0.860. The average Bonchev–Trinajstić information content (AvgIpc) is 2.46. The number of nitrogens with one attached hydrogen (secondary N) is 1. The van der Waals surface area contributed by atoms with Crippen LogP contribution in [0.3, 0.4) is 0 Å². The maximum atomic E-state index is 10.2. The van der Waals surface area contributed by atoms with E-state index >= 15 is 0 Å². The SMILES string of the molecule is Cc1ccc(CNC(C)C(O)c2ccccc2)cc1. The first-order valence-corrected chi connectivity index (χ1v) is 6.69. The molecule has 0 heterocycles. The summed E-state index contributed by atoms with van der Waals surface area (Å²) in [5.41, 5.74) is 3.45. The molecule has 0 amide bonds. The summed E-state index contributed by atoms with van der Waals surface area (Å²) in [6.07, 6.45) is -0.480. The van der Waals surface area contributed by atoms with Gasteiger partial charge in [0.1, 0.15) is 0 Å². The van der Waals surface area contributed by atoms with E-state index in [-0.39, 0.29) is 6.04 Å². The fraction of sp³-hybridized carbons (Fsp3) is 0.294. The molecule has 0 aliphatic carbocycles. The third-order valence-electron chi connectivity index (χ3n) is 3.36. The molecule has 2 heteroatoms. The van der Waals surface area contributed by atoms with Gasteiger partial charge in [0.05, 0.1) is 6.10 Å². The molecule has 2 unspecified atom stereocenters. The molecule has 19 heavy (non-hydrogen) atoms. The largest absolute Gasteiger partial charge is 0.387 e. The van der Waals surface area contributed by atoms with Crippen LogP contribution in [-0.4, -0.2) is 11.1 Å². The average molecular weight is 255 g/mol. The van der Waals surface area contributed by atoms with E-state index in [9.17, 15) is 5.11 Å². The van der Waals surface area contributed by atoms with E-state index in [2.05, 4.69) is 36.5 Å². The Hall–Kier alpha value is -1.64. The van der Waals surface area contributed by atoms with E-state index in [1.165, 1.54) is 11.1 Å². The van der Waals surface area contributed by atoms with Gasteiger partial charge in [0.25, 0.3) is 0 Å². The normalized spacial score (nSPS) is 14.1. The number of aryl methyl sites for hydroxylation is 1. The van der Waals surface area contributed by atoms with Crippen LogP contribution in [0.4, 0.5) is 0 Å². The van der Waals surface area contributed by atoms with Crippen LogP contribution in [0, 0.1) is 6.92 Å². The predicted molar refractivity (Wildman–Crippen MR) is 78.9 cm³/mol. The lowest BCUT2D eigenvalue weighted by Crippen LogP contribution is -2.31. The smallest absolute Gasteiger partial charge is 0.0940 e. The molecule has 2 rings (SSSR count). The first-order chi connectivity index (χ1) is 9.16. The highest BCUT2D eigenvalue weighted by Crippen LogP contribution is 2.16. The maximum absolute atomic E-state index is 10.2. The topological polar surface area (TPSA) is 32.3 Å². The van der Waals surface area contributed by atoms with Gasteiger partial charge in [-0.2, -0.15) is 0 Å². The molecule has 100 valence electrons. The Bertz CT molecular complexity index is 492. The van der Waals surface area contributed by atoms with Gasteiger partial charge >= 0.3 is 0 Å². The van der Waals surface area contributed by atoms with Crippen molar-refractivity contribution < 1.29 is 5.11 Å². The van der Waals surface area contributed by atoms with Crippen molar-refractivity contribution in [1.29, 1.82) is 0 Å². The highest BCUT2D eigenvalue weighted by Gasteiger charge is 2.15. The predicted octanol–water partition coefficient (Wildman–Crippen LogP) is 3.21. The van der Waals surface area contributed by atoms with Crippen LogP contribution >= 0.6 is 0 Å². The summed E-state index contributed by atoms with van der Waals surface area (Å²) >= 11 is 0. The van der Waals surface area contributed by atoms with Crippen LogP contribution in [-0.2, 0) is 6.54 Å². The highest BCUT2D eigenvalue weighted by molar-refractivity contribution is 5.22. The zero-order valence-electron chi connectivity index (χ0n) is 11.5. The van der Waals surface area contributed by atoms with Crippen molar-refractivity contribution in [3.8, 4) is 0 Å². The van der Waals surface area contributed by atoms with Crippen LogP contribution < -0.4 is 5.32 Å². The van der Waals surface area contributed by atoms with Gasteiger partial charge in [-0.3, -0.25) is 0 Å². The Morgan fingerprint density at radius 1 is 1.00 bits per heavy atom. The highest BCUT2D eigenvalue weighted by atomic mass is 16.3. The van der Waals surface area contributed by atoms with Crippen molar-refractivity contribution in [2.45, 2.75) is 32.5 Å². The summed E-state index contributed by atoms with van der Waals surface area (Å²) < 4.78 is 0. The first-order valence-electron chi connectivity index (χ1n) is 6.69. The third kappa shape index (κ3) is 3.91. The fourth-order valence-electron chi connectivity index (χ4n) is 2.04. The molecule has 0 saturated heterocycles. The molecule has 0 bridgehead atoms. The molecule has 2 atom stereocenters. The van der Waals surface area contributed by atoms with Crippen LogP contribution in [0.15, 0.2) is 54.6 Å². The van der Waals surface area contributed by atoms with Crippen molar-refractivity contribution in [3.05, 3.63) is 71.3 Å². The number of rotatable bonds is 5. The number of aliphatic hydroxyl groups is 1. The van der Waals surface area contributed by atoms with Gasteiger partial charge in [0.15, 0.2) is 0 Å². The number of hydrogen-bond donors (Lipinski definition) is 2. The number of hydrogen-bond acceptors (Lipinski definition) is 2. The van der Waals surface area contributed by atoms with Gasteiger partial charge < -0.3 is 10.4 Å². The van der Waals surface area contributed by atoms with Gasteiger partial charge in [-0.05, 0) is 25.0 Å². The minimum atomic E-state index is -0.480. The monoisotopic (exact) mass is 255 g/mol. The molecule has 0 aliphatic heterocycles. The summed E-state index contributed by atoms with van der Waals surface area (Å²) in [7, 11) is 0. The van der Waals surface area contributed by atoms with Crippen LogP contribution in [0.25, 0.3) is 0 Å². The van der Waals surface area contributed by atoms with Gasteiger partial charge in [-0.15, -0.1) is 0 Å². The fourth-order valence-corrected chi connectivity index (χ4v) is 2.04. The van der Waals surface area contributed by atoms with Gasteiger partial charge in [-0.25, -0.2) is 0 Å². The molecular weight excluding hydrogens is 234 g/mol. The van der Waals surface area contributed by atoms with Crippen LogP contribution in [0.2, 0.25) is 0 Å². The van der Waals surface area contributed by atoms with E-state index in [0.29, 0.717) is 0 Å². The molecule has 2 aromatic rings. The molecule has 0 aliphatic rings. The Labute approximate surface area is 115 Å². The lowest BCUT2D eigenvalue weighted by molar-refractivity contribution is 0.135. The van der Waals surface area contributed by atoms with E-state index in [1.54, 1.807) is 0 Å². The molecule has 2 nitrogen and oxygen atoms in total. The van der Waals surface area contributed by atoms with Crippen molar-refractivity contribution in [1.82, 2.24) is 5.32 Å². The second-order valence-corrected chi connectivity index (χ2v) is 5.01. The van der Waals surface area contributed by atoms with Crippen molar-refractivity contribution in [2.24, 2.45) is 0 Å². The van der Waals surface area contributed by atoms with E-state index in [1.807, 2.05) is 37.3 Å². The molecule has 0 fully saturated rings. The zero-order valence-corrected chi connectivity index (χ0v) is 11.5. The van der Waals surface area contributed by atoms with Crippen molar-refractivity contribution >= 4 is 0 Å². The van der Waals surface area contributed by atoms with Crippen molar-refractivity contribution in [2.75, 3.05) is 0 Å². The number of benzene rings is 2. The van der Waals surface area contributed by atoms with E-state index in [4.69, 9.17) is 0 Å². The second kappa shape index (κ2) is 6.50. The van der Waals surface area contributed by atoms with Crippen LogP contribution in [0.1, 0.15) is 29.7 Å². The van der Waals surface area contributed by atoms with Gasteiger partial charge in [-0.1, -0.05) is 60.2 Å². The Morgan fingerprint density at radius 2 is 1.63 bits per heavy atom. The lowest BCUT2D eigenvalue weighted by atomic mass is 10.0. The molecule has 0 radical (unpaired) electrons. The second-order valence-electron chi connectivity index (χ2n) is 5.01. The molecule has 2 aromatic carbocycles. The standard InChI is InChI=1S/C17H21NO/c1-13-8-10-15(11-9-13)12-18-14(2)17(19)16-6-4-3-5-7-16/h3-11,14,17-19H,12H2,1-2H3. The zero-order chi connectivity index (χ0) is 13.7. The van der Waals surface area contributed by atoms with Crippen molar-refractivity contribution in [3.63, 3.8) is 0 Å². The minimum absolute atomic E-state index is 0.0173. The molecule has 2 N–H and O–H groups in total. The van der Waals surface area contributed by atoms with Crippen LogP contribution in [0.5, 0.6) is 0 Å². The van der Waals surface area contributed by atoms with Gasteiger partial charge in [0.2, 0.25) is 0 Å². The molecule has 0 aromatic heterocycles. The Balaban J connectivity index is 1.90. The summed E-state index contributed by atoms with van der Waals surface area (Å²) in [4.78, 5) is 0. The summed E-state index contributed by atoms with van der Waals surface area (Å²) in [5, 5.41) is 13.6. The van der Waals surface area contributed by atoms with E-state index in [0.717, 1.165) is 12.1 Å². The molecule has 0 saturated carbocycles. The summed E-state index contributed by atoms with van der Waals surface area (Å²) in [6, 6.07) is 18.2. The van der Waals surface area contributed by atoms with Gasteiger partial charge in [0, 0.05) is 12.6 Å². The molecular formula is C17H21NO. The Kier molecular flexibility index (Phi) is 4.72. The lowest BCUT2D eigenvalue weighted by Gasteiger charge is -2.20. The maximum Gasteiger partial charge on any atom is 0.0940 e. The minimum Gasteiger partial charge on any atom is -0.387 e. The van der Waals surface area contributed by atoms with E-state index < -0.39 is 6.10 Å². The molecule has 0 spiro atoms. The summed E-state index contributed by atoms with van der Waals surface area (Å²) in [5.74, 6) is 0. The Morgan fingerprint density at radius 3 is 2.26 bits per heavy atom. The number of aliphatic hydroxyl groups excluding tert-OH is 1. The first kappa shape index (κ1) is 13.8.